The molecule has 0 bridgehead atoms. The van der Waals surface area contributed by atoms with Crippen LogP contribution in [0.1, 0.15) is 13.8 Å². The van der Waals surface area contributed by atoms with Crippen LogP contribution in [0, 0.1) is 0 Å². The average molecular weight is 559 g/mol. The van der Waals surface area contributed by atoms with Gasteiger partial charge in [0.2, 0.25) is 0 Å². The molecule has 0 amide bonds. The molecule has 37 heavy (non-hydrogen) atoms. The smallest absolute Gasteiger partial charge is 0.389 e. The lowest BCUT2D eigenvalue weighted by atomic mass is 10.1. The van der Waals surface area contributed by atoms with Gasteiger partial charge in [0.15, 0.2) is 17.6 Å². The zero-order valence-corrected chi connectivity index (χ0v) is 21.1. The van der Waals surface area contributed by atoms with Crippen LogP contribution < -0.4 is 16.0 Å². The van der Waals surface area contributed by atoms with Crippen molar-refractivity contribution in [3.05, 3.63) is 69.1 Å². The molecule has 3 aromatic rings. The van der Waals surface area contributed by atoms with Gasteiger partial charge in [-0.2, -0.15) is 18.3 Å². The molecule has 1 aliphatic rings. The molecule has 2 heterocycles. The van der Waals surface area contributed by atoms with E-state index in [1.807, 2.05) is 0 Å². The van der Waals surface area contributed by atoms with Crippen molar-refractivity contribution in [3.8, 4) is 11.4 Å². The molecule has 2 aromatic carbocycles. The summed E-state index contributed by atoms with van der Waals surface area (Å²) < 4.78 is 41.0. The van der Waals surface area contributed by atoms with E-state index in [2.05, 4.69) is 15.5 Å². The van der Waals surface area contributed by atoms with E-state index < -0.39 is 36.3 Å². The van der Waals surface area contributed by atoms with Gasteiger partial charge < -0.3 is 15.5 Å². The molecule has 0 aliphatic carbocycles. The quantitative estimate of drug-likeness (QED) is 0.410. The van der Waals surface area contributed by atoms with Crippen LogP contribution in [0.25, 0.3) is 11.4 Å². The van der Waals surface area contributed by atoms with Crippen LogP contribution in [0.3, 0.4) is 0 Å². The highest BCUT2D eigenvalue weighted by atomic mass is 35.5. The van der Waals surface area contributed by atoms with Crippen molar-refractivity contribution in [2.45, 2.75) is 51.0 Å². The highest BCUT2D eigenvalue weighted by molar-refractivity contribution is 6.31. The summed E-state index contributed by atoms with van der Waals surface area (Å²) >= 11 is 12.0. The fourth-order valence-electron chi connectivity index (χ4n) is 3.82. The Balaban J connectivity index is 1.74. The van der Waals surface area contributed by atoms with Gasteiger partial charge in [-0.05, 0) is 56.3 Å². The number of hydrogen-bond donors (Lipinski definition) is 3. The molecular formula is C23H23Cl2F3N6O3. The number of hydrazone groups is 1. The zero-order valence-electron chi connectivity index (χ0n) is 19.6. The Morgan fingerprint density at radius 1 is 1.11 bits per heavy atom. The van der Waals surface area contributed by atoms with Gasteiger partial charge in [-0.25, -0.2) is 14.5 Å². The fourth-order valence-corrected chi connectivity index (χ4v) is 4.13. The molecule has 0 fully saturated rings. The van der Waals surface area contributed by atoms with Crippen molar-refractivity contribution in [1.82, 2.24) is 19.7 Å². The molecule has 3 N–H and O–H groups in total. The monoisotopic (exact) mass is 558 g/mol. The predicted molar refractivity (Wildman–Crippen MR) is 134 cm³/mol. The Kier molecular flexibility index (Phi) is 7.30. The van der Waals surface area contributed by atoms with Gasteiger partial charge in [-0.15, -0.1) is 5.10 Å². The second-order valence-electron chi connectivity index (χ2n) is 8.73. The van der Waals surface area contributed by atoms with Crippen molar-refractivity contribution >= 4 is 34.7 Å². The molecule has 198 valence electrons. The van der Waals surface area contributed by atoms with Crippen molar-refractivity contribution in [1.29, 1.82) is 0 Å². The minimum atomic E-state index is -4.94. The van der Waals surface area contributed by atoms with E-state index in [-0.39, 0.29) is 18.2 Å². The molecule has 0 saturated carbocycles. The molecule has 2 unspecified atom stereocenters. The maximum atomic E-state index is 13.2. The largest absolute Gasteiger partial charge is 0.416 e. The van der Waals surface area contributed by atoms with Gasteiger partial charge in [-0.3, -0.25) is 4.57 Å². The Labute approximate surface area is 219 Å². The van der Waals surface area contributed by atoms with E-state index in [1.54, 1.807) is 38.1 Å². The summed E-state index contributed by atoms with van der Waals surface area (Å²) in [7, 11) is 0. The minimum Gasteiger partial charge on any atom is -0.389 e. The van der Waals surface area contributed by atoms with Crippen LogP contribution >= 0.6 is 23.2 Å². The first-order chi connectivity index (χ1) is 17.3. The van der Waals surface area contributed by atoms with Crippen LogP contribution in [0.2, 0.25) is 10.0 Å². The lowest BCUT2D eigenvalue weighted by molar-refractivity contribution is -0.207. The summed E-state index contributed by atoms with van der Waals surface area (Å²) in [6.45, 7) is 1.94. The normalized spacial score (nSPS) is 19.5. The van der Waals surface area contributed by atoms with Gasteiger partial charge in [-0.1, -0.05) is 29.3 Å². The fraction of sp³-hybridized carbons (Fsp3) is 0.348. The highest BCUT2D eigenvalue weighted by Crippen LogP contribution is 2.31. The maximum absolute atomic E-state index is 13.2. The van der Waals surface area contributed by atoms with Crippen LogP contribution in [0.15, 0.2) is 58.4 Å². The molecule has 9 nitrogen and oxygen atoms in total. The first-order valence-electron chi connectivity index (χ1n) is 11.1. The molecule has 14 heteroatoms. The third-order valence-electron chi connectivity index (χ3n) is 5.98. The van der Waals surface area contributed by atoms with E-state index >= 15 is 0 Å². The third-order valence-corrected chi connectivity index (χ3v) is 6.47. The summed E-state index contributed by atoms with van der Waals surface area (Å²) in [5.41, 5.74) is -1.13. The second-order valence-corrected chi connectivity index (χ2v) is 9.60. The Bertz CT molecular complexity index is 1370. The predicted octanol–water partition coefficient (Wildman–Crippen LogP) is 3.46. The number of halogens is 5. The van der Waals surface area contributed by atoms with E-state index in [9.17, 15) is 28.2 Å². The number of nitrogens with one attached hydrogen (secondary N) is 1. The Morgan fingerprint density at radius 2 is 1.78 bits per heavy atom. The molecule has 4 rings (SSSR count). The number of amidine groups is 1. The van der Waals surface area contributed by atoms with E-state index in [0.29, 0.717) is 21.3 Å². The van der Waals surface area contributed by atoms with Gasteiger partial charge in [0.1, 0.15) is 12.4 Å². The summed E-state index contributed by atoms with van der Waals surface area (Å²) in [4.78, 5) is 13.2. The summed E-state index contributed by atoms with van der Waals surface area (Å²) in [5.74, 6) is 0.128. The first-order valence-corrected chi connectivity index (χ1v) is 11.8. The number of aromatic nitrogens is 3. The van der Waals surface area contributed by atoms with E-state index in [4.69, 9.17) is 23.2 Å². The first kappa shape index (κ1) is 27.0. The van der Waals surface area contributed by atoms with E-state index in [1.165, 1.54) is 29.3 Å². The molecule has 0 radical (unpaired) electrons. The van der Waals surface area contributed by atoms with Gasteiger partial charge >= 0.3 is 11.9 Å². The molecule has 0 spiro atoms. The number of nitrogens with zero attached hydrogens (tertiary/aromatic N) is 5. The SMILES string of the molecule is CC(O)C1(C)NC(Cn2nc(-c3ccc(Cl)cc3)n(C[C@H](O)C(F)(F)F)c2=O)=NN1c1cccc(Cl)c1. The Hall–Kier alpha value is -3.06. The van der Waals surface area contributed by atoms with Crippen LogP contribution in [0.4, 0.5) is 18.9 Å². The Morgan fingerprint density at radius 3 is 2.38 bits per heavy atom. The number of aliphatic hydroxyl groups is 2. The highest BCUT2D eigenvalue weighted by Gasteiger charge is 2.43. The van der Waals surface area contributed by atoms with Crippen molar-refractivity contribution in [2.24, 2.45) is 5.10 Å². The van der Waals surface area contributed by atoms with Crippen LogP contribution in [-0.4, -0.2) is 54.4 Å². The number of alkyl halides is 3. The van der Waals surface area contributed by atoms with Gasteiger partial charge in [0.25, 0.3) is 0 Å². The standard InChI is InChI=1S/C23H23Cl2F3N6O3/c1-13(35)22(2)29-19(30-34(22)17-5-3-4-16(25)10-17)12-33-21(37)32(11-18(36)23(26,27)28)20(31-33)14-6-8-15(24)9-7-14/h3-10,13,18,35-36H,11-12H2,1-2H3,(H,29,30)/t13?,18-,22?/m0/s1. The number of benzene rings is 2. The summed E-state index contributed by atoms with van der Waals surface area (Å²) in [6.07, 6.45) is -8.67. The number of rotatable bonds is 7. The number of aliphatic hydroxyl groups excluding tert-OH is 2. The van der Waals surface area contributed by atoms with Crippen molar-refractivity contribution in [3.63, 3.8) is 0 Å². The molecule has 1 aromatic heterocycles. The van der Waals surface area contributed by atoms with Crippen LogP contribution in [0.5, 0.6) is 0 Å². The number of hydrogen-bond acceptors (Lipinski definition) is 7. The lowest BCUT2D eigenvalue weighted by Crippen LogP contribution is -2.58. The van der Waals surface area contributed by atoms with Crippen molar-refractivity contribution in [2.75, 3.05) is 5.01 Å². The molecule has 1 aliphatic heterocycles. The lowest BCUT2D eigenvalue weighted by Gasteiger charge is -2.36. The van der Waals surface area contributed by atoms with Gasteiger partial charge in [0, 0.05) is 15.6 Å². The third kappa shape index (κ3) is 5.47. The number of anilines is 1. The van der Waals surface area contributed by atoms with Gasteiger partial charge in [0.05, 0.1) is 18.3 Å². The molecule has 3 atom stereocenters. The topological polar surface area (TPSA) is 108 Å². The van der Waals surface area contributed by atoms with Crippen molar-refractivity contribution < 1.29 is 23.4 Å². The summed E-state index contributed by atoms with van der Waals surface area (Å²) in [5, 5.41) is 34.3. The van der Waals surface area contributed by atoms with E-state index in [0.717, 1.165) is 9.25 Å². The average Bonchev–Trinajstić information content (AvgIpc) is 3.32. The minimum absolute atomic E-state index is 0.0893. The second kappa shape index (κ2) is 10.0. The maximum Gasteiger partial charge on any atom is 0.416 e. The van der Waals surface area contributed by atoms with Crippen LogP contribution in [-0.2, 0) is 13.1 Å². The zero-order chi connectivity index (χ0) is 27.1. The molecular weight excluding hydrogens is 536 g/mol. The summed E-state index contributed by atoms with van der Waals surface area (Å²) in [6, 6.07) is 12.8. The molecule has 0 saturated heterocycles.